The fourth-order valence-corrected chi connectivity index (χ4v) is 8.24. The van der Waals surface area contributed by atoms with Crippen molar-refractivity contribution in [2.45, 2.75) is 6.92 Å². The molecule has 0 unspecified atom stereocenters. The third-order valence-electron chi connectivity index (χ3n) is 10.7. The molecule has 0 spiro atoms. The van der Waals surface area contributed by atoms with Crippen molar-refractivity contribution in [3.8, 4) is 44.5 Å². The lowest BCUT2D eigenvalue weighted by Crippen LogP contribution is -2.28. The molecule has 0 N–H and O–H groups in total. The van der Waals surface area contributed by atoms with Crippen molar-refractivity contribution in [2.24, 2.45) is 0 Å². The monoisotopic (exact) mass is 662 g/mol. The van der Waals surface area contributed by atoms with Crippen molar-refractivity contribution in [2.75, 3.05) is 0 Å². The van der Waals surface area contributed by atoms with Gasteiger partial charge in [-0.05, 0) is 119 Å². The first-order valence-electron chi connectivity index (χ1n) is 17.9. The van der Waals surface area contributed by atoms with Crippen LogP contribution in [0.5, 0.6) is 0 Å². The van der Waals surface area contributed by atoms with Gasteiger partial charge < -0.3 is 4.42 Å². The summed E-state index contributed by atoms with van der Waals surface area (Å²) < 4.78 is 6.36. The minimum absolute atomic E-state index is 0.918. The Hall–Kier alpha value is -6.70. The van der Waals surface area contributed by atoms with Crippen LogP contribution < -0.4 is 10.4 Å². The Morgan fingerprint density at radius 2 is 0.962 bits per heavy atom. The van der Waals surface area contributed by atoms with Gasteiger partial charge >= 0.3 is 0 Å². The molecule has 0 amide bonds. The largest absolute Gasteiger partial charge is 0.455 e. The van der Waals surface area contributed by atoms with Crippen LogP contribution in [0.15, 0.2) is 174 Å². The van der Waals surface area contributed by atoms with Gasteiger partial charge in [0.1, 0.15) is 11.2 Å². The van der Waals surface area contributed by atoms with E-state index in [2.05, 4.69) is 171 Å². The Balaban J connectivity index is 1.07. The van der Waals surface area contributed by atoms with E-state index in [-0.39, 0.29) is 0 Å². The van der Waals surface area contributed by atoms with Crippen LogP contribution in [0.4, 0.5) is 0 Å². The second-order valence-electron chi connectivity index (χ2n) is 13.7. The minimum Gasteiger partial charge on any atom is -0.455 e. The molecule has 10 rings (SSSR count). The number of fused-ring (bicyclic) bond motifs is 6. The van der Waals surface area contributed by atoms with Crippen molar-refractivity contribution in [1.82, 2.24) is 0 Å². The summed E-state index contributed by atoms with van der Waals surface area (Å²) in [5.74, 6) is 0. The summed E-state index contributed by atoms with van der Waals surface area (Å²) in [6, 6.07) is 61.3. The normalized spacial score (nSPS) is 12.1. The van der Waals surface area contributed by atoms with Gasteiger partial charge in [-0.3, -0.25) is 0 Å². The molecule has 1 heteroatoms. The molecular formula is C51H34O. The van der Waals surface area contributed by atoms with Crippen LogP contribution in [0.3, 0.4) is 0 Å². The Morgan fingerprint density at radius 3 is 1.79 bits per heavy atom. The highest BCUT2D eigenvalue weighted by Gasteiger charge is 2.16. The summed E-state index contributed by atoms with van der Waals surface area (Å²) in [5.41, 5.74) is 11.3. The van der Waals surface area contributed by atoms with Crippen LogP contribution in [0.1, 0.15) is 6.92 Å². The number of hydrogen-bond donors (Lipinski definition) is 0. The van der Waals surface area contributed by atoms with Gasteiger partial charge in [0, 0.05) is 16.3 Å². The summed E-state index contributed by atoms with van der Waals surface area (Å²) in [4.78, 5) is 0. The molecule has 1 aromatic heterocycles. The zero-order valence-electron chi connectivity index (χ0n) is 28.9. The number of benzene rings is 9. The number of rotatable bonds is 4. The van der Waals surface area contributed by atoms with Crippen molar-refractivity contribution in [1.29, 1.82) is 0 Å². The van der Waals surface area contributed by atoms with Crippen LogP contribution in [-0.4, -0.2) is 0 Å². The molecule has 0 atom stereocenters. The Bertz CT molecular complexity index is 3160. The lowest BCUT2D eigenvalue weighted by molar-refractivity contribution is 0.670. The summed E-state index contributed by atoms with van der Waals surface area (Å²) in [6.07, 6.45) is 2.22. The van der Waals surface area contributed by atoms with E-state index in [1.807, 2.05) is 12.1 Å². The average molecular weight is 663 g/mol. The van der Waals surface area contributed by atoms with E-state index in [1.165, 1.54) is 70.9 Å². The van der Waals surface area contributed by atoms with E-state index in [4.69, 9.17) is 11.0 Å². The van der Waals surface area contributed by atoms with Gasteiger partial charge in [-0.25, -0.2) is 0 Å². The van der Waals surface area contributed by atoms with Gasteiger partial charge in [0.25, 0.3) is 0 Å². The second kappa shape index (κ2) is 12.0. The number of hydrogen-bond acceptors (Lipinski definition) is 1. The molecular weight excluding hydrogens is 629 g/mol. The third-order valence-corrected chi connectivity index (χ3v) is 10.7. The van der Waals surface area contributed by atoms with E-state index in [0.29, 0.717) is 0 Å². The standard InChI is InChI=1S/C51H34O/c1-3-42-32(2)49(41-27-22-33-12-4-5-13-34(33)30-41)45-17-6-7-18-46(45)50(42)40-15-10-14-35(31-40)36-23-24-38-29-39(26-25-37(38)28-36)43-19-11-20-47-44-16-8-9-21-48(44)52-51(43)47/h3-31H,2H2,1H3/b42-3+. The summed E-state index contributed by atoms with van der Waals surface area (Å²) in [7, 11) is 0. The van der Waals surface area contributed by atoms with Crippen LogP contribution in [0.2, 0.25) is 0 Å². The highest BCUT2D eigenvalue weighted by atomic mass is 16.3. The van der Waals surface area contributed by atoms with Crippen LogP contribution in [0.25, 0.3) is 111 Å². The lowest BCUT2D eigenvalue weighted by Gasteiger charge is -2.16. The minimum atomic E-state index is 0.918. The molecule has 0 aliphatic carbocycles. The molecule has 1 nitrogen and oxygen atoms in total. The second-order valence-corrected chi connectivity index (χ2v) is 13.7. The maximum atomic E-state index is 6.36. The summed E-state index contributed by atoms with van der Waals surface area (Å²) >= 11 is 0. The molecule has 0 saturated heterocycles. The molecule has 10 aromatic rings. The SMILES string of the molecule is C=c1c(-c2ccc3ccccc3c2)c2ccccc2c(-c2cccc(-c3ccc4cc(-c5cccc6c5oc5ccccc56)ccc4c3)c2)/c1=C/C. The molecule has 52 heavy (non-hydrogen) atoms. The molecule has 0 radical (unpaired) electrons. The van der Waals surface area contributed by atoms with Gasteiger partial charge in [-0.2, -0.15) is 0 Å². The zero-order chi connectivity index (χ0) is 34.8. The smallest absolute Gasteiger partial charge is 0.143 e. The maximum Gasteiger partial charge on any atom is 0.143 e. The van der Waals surface area contributed by atoms with E-state index < -0.39 is 0 Å². The van der Waals surface area contributed by atoms with E-state index in [1.54, 1.807) is 0 Å². The predicted octanol–water partition coefficient (Wildman–Crippen LogP) is 12.9. The predicted molar refractivity (Wildman–Crippen MR) is 223 cm³/mol. The van der Waals surface area contributed by atoms with Gasteiger partial charge in [0.05, 0.1) is 0 Å². The topological polar surface area (TPSA) is 13.1 Å². The molecule has 1 heterocycles. The summed E-state index contributed by atoms with van der Waals surface area (Å²) in [5, 5.41) is 11.8. The van der Waals surface area contributed by atoms with Gasteiger partial charge in [0.2, 0.25) is 0 Å². The van der Waals surface area contributed by atoms with E-state index >= 15 is 0 Å². The first-order chi connectivity index (χ1) is 25.6. The molecule has 0 aliphatic heterocycles. The molecule has 244 valence electrons. The fourth-order valence-electron chi connectivity index (χ4n) is 8.24. The lowest BCUT2D eigenvalue weighted by atomic mass is 9.87. The Labute approximate surface area is 302 Å². The quantitative estimate of drug-likeness (QED) is 0.183. The van der Waals surface area contributed by atoms with Crippen molar-refractivity contribution in [3.63, 3.8) is 0 Å². The van der Waals surface area contributed by atoms with Gasteiger partial charge in [-0.1, -0.05) is 152 Å². The van der Waals surface area contributed by atoms with Crippen LogP contribution in [0, 0.1) is 0 Å². The number of furan rings is 1. The van der Waals surface area contributed by atoms with Crippen molar-refractivity contribution >= 4 is 66.9 Å². The van der Waals surface area contributed by atoms with E-state index in [9.17, 15) is 0 Å². The molecule has 9 aromatic carbocycles. The Kier molecular flexibility index (Phi) is 6.94. The Morgan fingerprint density at radius 1 is 0.423 bits per heavy atom. The van der Waals surface area contributed by atoms with Gasteiger partial charge in [-0.15, -0.1) is 0 Å². The van der Waals surface area contributed by atoms with Crippen molar-refractivity contribution in [3.05, 3.63) is 180 Å². The average Bonchev–Trinajstić information content (AvgIpc) is 3.59. The number of para-hydroxylation sites is 2. The van der Waals surface area contributed by atoms with E-state index in [0.717, 1.165) is 38.3 Å². The summed E-state index contributed by atoms with van der Waals surface area (Å²) in [6.45, 7) is 6.85. The fraction of sp³-hybridized carbons (Fsp3) is 0.0196. The first kappa shape index (κ1) is 30.2. The maximum absolute atomic E-state index is 6.36. The highest BCUT2D eigenvalue weighted by molar-refractivity contribution is 6.10. The molecule has 0 bridgehead atoms. The highest BCUT2D eigenvalue weighted by Crippen LogP contribution is 2.38. The molecule has 0 fully saturated rings. The zero-order valence-corrected chi connectivity index (χ0v) is 28.9. The molecule has 0 saturated carbocycles. The first-order valence-corrected chi connectivity index (χ1v) is 17.9. The van der Waals surface area contributed by atoms with Crippen molar-refractivity contribution < 1.29 is 4.42 Å². The third kappa shape index (κ3) is 4.78. The molecule has 0 aliphatic rings. The van der Waals surface area contributed by atoms with Crippen LogP contribution >= 0.6 is 0 Å². The van der Waals surface area contributed by atoms with Crippen LogP contribution in [-0.2, 0) is 0 Å². The van der Waals surface area contributed by atoms with Gasteiger partial charge in [0.15, 0.2) is 0 Å².